The van der Waals surface area contributed by atoms with Gasteiger partial charge in [-0.05, 0) is 43.3 Å². The van der Waals surface area contributed by atoms with Gasteiger partial charge in [0.15, 0.2) is 5.16 Å². The van der Waals surface area contributed by atoms with Crippen molar-refractivity contribution < 1.29 is 9.21 Å². The number of aromatic nitrogens is 3. The number of furan rings is 1. The molecule has 4 aromatic rings. The van der Waals surface area contributed by atoms with Gasteiger partial charge in [0.25, 0.3) is 5.56 Å². The first kappa shape index (κ1) is 18.9. The Balaban J connectivity index is 1.62. The van der Waals surface area contributed by atoms with Crippen molar-refractivity contribution in [2.45, 2.75) is 18.1 Å². The van der Waals surface area contributed by atoms with Crippen LogP contribution in [0.25, 0.3) is 16.6 Å². The smallest absolute Gasteiger partial charge is 0.266 e. The van der Waals surface area contributed by atoms with Crippen LogP contribution in [-0.4, -0.2) is 26.2 Å². The number of carbonyl (C=O) groups is 1. The Labute approximate surface area is 170 Å². The lowest BCUT2D eigenvalue weighted by atomic mass is 10.2. The van der Waals surface area contributed by atoms with Crippen LogP contribution in [0.1, 0.15) is 18.7 Å². The van der Waals surface area contributed by atoms with Gasteiger partial charge in [0.2, 0.25) is 5.91 Å². The molecule has 29 heavy (non-hydrogen) atoms. The number of amides is 1. The first-order valence-corrected chi connectivity index (χ1v) is 10.00. The molecule has 0 saturated carbocycles. The van der Waals surface area contributed by atoms with Gasteiger partial charge in [0.05, 0.1) is 40.8 Å². The molecule has 1 N–H and O–H groups in total. The molecule has 0 fully saturated rings. The fourth-order valence-corrected chi connectivity index (χ4v) is 3.77. The fourth-order valence-electron chi connectivity index (χ4n) is 2.94. The van der Waals surface area contributed by atoms with Crippen molar-refractivity contribution in [1.82, 2.24) is 19.9 Å². The van der Waals surface area contributed by atoms with E-state index in [0.717, 1.165) is 0 Å². The lowest BCUT2D eigenvalue weighted by Gasteiger charge is -2.14. The second-order valence-corrected chi connectivity index (χ2v) is 7.30. The highest BCUT2D eigenvalue weighted by Gasteiger charge is 2.16. The maximum atomic E-state index is 13.1. The number of para-hydroxylation sites is 1. The van der Waals surface area contributed by atoms with Gasteiger partial charge < -0.3 is 9.73 Å². The number of nitrogens with one attached hydrogen (secondary N) is 1. The molecule has 146 valence electrons. The zero-order valence-corrected chi connectivity index (χ0v) is 16.4. The largest absolute Gasteiger partial charge is 0.467 e. The maximum absolute atomic E-state index is 13.1. The molecule has 8 heteroatoms. The minimum Gasteiger partial charge on any atom is -0.467 e. The zero-order chi connectivity index (χ0) is 20.2. The molecule has 0 spiro atoms. The second kappa shape index (κ2) is 8.32. The molecule has 1 amide bonds. The molecule has 1 unspecified atom stereocenters. The number of hydrogen-bond acceptors (Lipinski definition) is 6. The molecule has 1 atom stereocenters. The molecule has 7 nitrogen and oxygen atoms in total. The van der Waals surface area contributed by atoms with E-state index < -0.39 is 0 Å². The number of hydrogen-bond donors (Lipinski definition) is 1. The van der Waals surface area contributed by atoms with Gasteiger partial charge in [-0.25, -0.2) is 4.98 Å². The Kier molecular flexibility index (Phi) is 5.44. The predicted octanol–water partition coefficient (Wildman–Crippen LogP) is 3.34. The van der Waals surface area contributed by atoms with Crippen LogP contribution < -0.4 is 10.9 Å². The SMILES string of the molecule is CC(NC(=O)CSc1nc2ccccc2c(=O)n1-c1cccnc1)c1ccco1. The van der Waals surface area contributed by atoms with Crippen molar-refractivity contribution in [3.05, 3.63) is 83.3 Å². The van der Waals surface area contributed by atoms with E-state index in [2.05, 4.69) is 15.3 Å². The minimum absolute atomic E-state index is 0.107. The van der Waals surface area contributed by atoms with E-state index >= 15 is 0 Å². The first-order chi connectivity index (χ1) is 14.1. The fraction of sp³-hybridized carbons (Fsp3) is 0.143. The number of benzene rings is 1. The molecule has 0 aliphatic heterocycles. The van der Waals surface area contributed by atoms with E-state index in [4.69, 9.17) is 4.42 Å². The Hall–Kier alpha value is -3.39. The van der Waals surface area contributed by atoms with Crippen LogP contribution >= 0.6 is 11.8 Å². The second-order valence-electron chi connectivity index (χ2n) is 6.36. The summed E-state index contributed by atoms with van der Waals surface area (Å²) >= 11 is 1.20. The number of carbonyl (C=O) groups excluding carboxylic acids is 1. The van der Waals surface area contributed by atoms with Crippen molar-refractivity contribution in [2.75, 3.05) is 5.75 Å². The Bertz CT molecular complexity index is 1190. The number of pyridine rings is 1. The molecule has 0 radical (unpaired) electrons. The normalized spacial score (nSPS) is 12.0. The van der Waals surface area contributed by atoms with Gasteiger partial charge in [-0.1, -0.05) is 23.9 Å². The quantitative estimate of drug-likeness (QED) is 0.390. The summed E-state index contributed by atoms with van der Waals surface area (Å²) in [6.45, 7) is 1.85. The van der Waals surface area contributed by atoms with E-state index in [-0.39, 0.29) is 23.3 Å². The Morgan fingerprint density at radius 2 is 2.07 bits per heavy atom. The monoisotopic (exact) mass is 406 g/mol. The topological polar surface area (TPSA) is 90.0 Å². The molecule has 3 heterocycles. The minimum atomic E-state index is -0.247. The molecule has 0 saturated heterocycles. The van der Waals surface area contributed by atoms with Crippen molar-refractivity contribution >= 4 is 28.6 Å². The standard InChI is InChI=1S/C21H18N4O3S/c1-14(18-9-5-11-28-18)23-19(26)13-29-21-24-17-8-3-2-7-16(17)20(27)25(21)15-6-4-10-22-12-15/h2-12,14H,13H2,1H3,(H,23,26). The van der Waals surface area contributed by atoms with Crippen LogP contribution in [-0.2, 0) is 4.79 Å². The van der Waals surface area contributed by atoms with Gasteiger partial charge in [-0.15, -0.1) is 0 Å². The highest BCUT2D eigenvalue weighted by Crippen LogP contribution is 2.21. The number of fused-ring (bicyclic) bond motifs is 1. The van der Waals surface area contributed by atoms with Crippen LogP contribution in [0.4, 0.5) is 0 Å². The third-order valence-electron chi connectivity index (χ3n) is 4.33. The third-order valence-corrected chi connectivity index (χ3v) is 5.27. The molecule has 0 aliphatic carbocycles. The van der Waals surface area contributed by atoms with Crippen LogP contribution in [0, 0.1) is 0 Å². The van der Waals surface area contributed by atoms with Crippen molar-refractivity contribution in [3.63, 3.8) is 0 Å². The van der Waals surface area contributed by atoms with Crippen LogP contribution in [0.2, 0.25) is 0 Å². The molecular weight excluding hydrogens is 388 g/mol. The average molecular weight is 406 g/mol. The van der Waals surface area contributed by atoms with Gasteiger partial charge in [0.1, 0.15) is 5.76 Å². The average Bonchev–Trinajstić information content (AvgIpc) is 3.28. The summed E-state index contributed by atoms with van der Waals surface area (Å²) in [7, 11) is 0. The highest BCUT2D eigenvalue weighted by atomic mass is 32.2. The molecule has 4 rings (SSSR count). The van der Waals surface area contributed by atoms with E-state index in [1.807, 2.05) is 19.1 Å². The summed E-state index contributed by atoms with van der Waals surface area (Å²) in [5.74, 6) is 0.606. The van der Waals surface area contributed by atoms with Crippen molar-refractivity contribution in [2.24, 2.45) is 0 Å². The van der Waals surface area contributed by atoms with Gasteiger partial charge in [0, 0.05) is 6.20 Å². The van der Waals surface area contributed by atoms with Crippen LogP contribution in [0.3, 0.4) is 0 Å². The summed E-state index contributed by atoms with van der Waals surface area (Å²) in [6.07, 6.45) is 4.80. The Morgan fingerprint density at radius 3 is 2.83 bits per heavy atom. The molecule has 0 aliphatic rings. The Morgan fingerprint density at radius 1 is 1.21 bits per heavy atom. The molecular formula is C21H18N4O3S. The van der Waals surface area contributed by atoms with Crippen LogP contribution in [0.15, 0.2) is 81.6 Å². The summed E-state index contributed by atoms with van der Waals surface area (Å²) in [6, 6.07) is 14.0. The maximum Gasteiger partial charge on any atom is 0.266 e. The lowest BCUT2D eigenvalue weighted by molar-refractivity contribution is -0.119. The summed E-state index contributed by atoms with van der Waals surface area (Å²) < 4.78 is 6.80. The summed E-state index contributed by atoms with van der Waals surface area (Å²) in [5, 5.41) is 3.83. The van der Waals surface area contributed by atoms with Gasteiger partial charge in [-0.2, -0.15) is 0 Å². The highest BCUT2D eigenvalue weighted by molar-refractivity contribution is 7.99. The molecule has 1 aromatic carbocycles. The summed E-state index contributed by atoms with van der Waals surface area (Å²) in [5.41, 5.74) is 0.988. The summed E-state index contributed by atoms with van der Waals surface area (Å²) in [4.78, 5) is 34.2. The molecule has 3 aromatic heterocycles. The first-order valence-electron chi connectivity index (χ1n) is 9.01. The van der Waals surface area contributed by atoms with Crippen LogP contribution in [0.5, 0.6) is 0 Å². The van der Waals surface area contributed by atoms with Gasteiger partial charge >= 0.3 is 0 Å². The number of thioether (sulfide) groups is 1. The lowest BCUT2D eigenvalue weighted by Crippen LogP contribution is -2.28. The van der Waals surface area contributed by atoms with E-state index in [0.29, 0.717) is 27.5 Å². The van der Waals surface area contributed by atoms with E-state index in [1.54, 1.807) is 55.1 Å². The number of nitrogens with zero attached hydrogens (tertiary/aromatic N) is 3. The third kappa shape index (κ3) is 4.07. The zero-order valence-electron chi connectivity index (χ0n) is 15.6. The van der Waals surface area contributed by atoms with Crippen molar-refractivity contribution in [1.29, 1.82) is 0 Å². The van der Waals surface area contributed by atoms with Gasteiger partial charge in [-0.3, -0.25) is 19.1 Å². The van der Waals surface area contributed by atoms with Crippen molar-refractivity contribution in [3.8, 4) is 5.69 Å². The van der Waals surface area contributed by atoms with E-state index in [1.165, 1.54) is 16.3 Å². The number of rotatable bonds is 6. The predicted molar refractivity (Wildman–Crippen MR) is 111 cm³/mol. The molecule has 0 bridgehead atoms. The van der Waals surface area contributed by atoms with E-state index in [9.17, 15) is 9.59 Å².